The maximum absolute atomic E-state index is 12.6. The summed E-state index contributed by atoms with van der Waals surface area (Å²) in [6, 6.07) is 10.9. The van der Waals surface area contributed by atoms with Crippen LogP contribution in [0.1, 0.15) is 24.0 Å². The number of sulfonamides is 1. The molecule has 0 bridgehead atoms. The highest BCUT2D eigenvalue weighted by Gasteiger charge is 2.38. The van der Waals surface area contributed by atoms with E-state index in [-0.39, 0.29) is 4.90 Å². The van der Waals surface area contributed by atoms with Crippen LogP contribution in [-0.2, 0) is 15.6 Å². The first kappa shape index (κ1) is 16.1. The molecular weight excluding hydrogens is 312 g/mol. The van der Waals surface area contributed by atoms with Crippen LogP contribution in [0.5, 0.6) is 0 Å². The molecule has 3 rings (SSSR count). The average Bonchev–Trinajstić information content (AvgIpc) is 2.56. The van der Waals surface area contributed by atoms with Gasteiger partial charge >= 0.3 is 0 Å². The van der Waals surface area contributed by atoms with Gasteiger partial charge in [-0.25, -0.2) is 8.42 Å². The lowest BCUT2D eigenvalue weighted by Gasteiger charge is -2.37. The summed E-state index contributed by atoms with van der Waals surface area (Å²) < 4.78 is 26.6. The van der Waals surface area contributed by atoms with E-state index in [1.54, 1.807) is 18.3 Å². The van der Waals surface area contributed by atoms with Gasteiger partial charge in [-0.05, 0) is 37.5 Å². The molecule has 0 spiro atoms. The Morgan fingerprint density at radius 2 is 1.78 bits per heavy atom. The van der Waals surface area contributed by atoms with Crippen LogP contribution in [-0.4, -0.2) is 35.9 Å². The Labute approximate surface area is 136 Å². The Morgan fingerprint density at radius 3 is 2.35 bits per heavy atom. The molecule has 0 aliphatic carbocycles. The summed E-state index contributed by atoms with van der Waals surface area (Å²) in [4.78, 5) is 4.07. The Kier molecular flexibility index (Phi) is 4.23. The zero-order valence-electron chi connectivity index (χ0n) is 13.0. The maximum atomic E-state index is 12.6. The molecule has 122 valence electrons. The molecule has 23 heavy (non-hydrogen) atoms. The highest BCUT2D eigenvalue weighted by molar-refractivity contribution is 7.89. The molecule has 0 atom stereocenters. The number of nitrogens with zero attached hydrogens (tertiary/aromatic N) is 2. The zero-order valence-corrected chi connectivity index (χ0v) is 13.8. The number of piperidine rings is 1. The molecule has 1 fully saturated rings. The van der Waals surface area contributed by atoms with E-state index < -0.39 is 15.6 Å². The Balaban J connectivity index is 1.77. The van der Waals surface area contributed by atoms with E-state index >= 15 is 0 Å². The molecule has 0 saturated carbocycles. The number of rotatable bonds is 3. The van der Waals surface area contributed by atoms with Gasteiger partial charge in [0.2, 0.25) is 10.0 Å². The highest BCUT2D eigenvalue weighted by atomic mass is 32.2. The zero-order chi connectivity index (χ0) is 16.5. The van der Waals surface area contributed by atoms with Crippen LogP contribution in [0.15, 0.2) is 53.7 Å². The van der Waals surface area contributed by atoms with Crippen molar-refractivity contribution in [2.45, 2.75) is 30.3 Å². The predicted molar refractivity (Wildman–Crippen MR) is 87.3 cm³/mol. The van der Waals surface area contributed by atoms with Crippen LogP contribution >= 0.6 is 0 Å². The first-order chi connectivity index (χ1) is 10.9. The first-order valence-corrected chi connectivity index (χ1v) is 9.06. The Bertz CT molecular complexity index is 765. The first-order valence-electron chi connectivity index (χ1n) is 7.61. The summed E-state index contributed by atoms with van der Waals surface area (Å²) in [6.45, 7) is 2.58. The van der Waals surface area contributed by atoms with Crippen molar-refractivity contribution in [2.75, 3.05) is 13.1 Å². The summed E-state index contributed by atoms with van der Waals surface area (Å²) in [5.41, 5.74) is 1.02. The van der Waals surface area contributed by atoms with Crippen LogP contribution < -0.4 is 0 Å². The van der Waals surface area contributed by atoms with Gasteiger partial charge in [0.05, 0.1) is 5.60 Å². The fourth-order valence-corrected chi connectivity index (χ4v) is 4.30. The summed E-state index contributed by atoms with van der Waals surface area (Å²) in [5, 5.41) is 10.9. The fourth-order valence-electron chi connectivity index (χ4n) is 2.90. The van der Waals surface area contributed by atoms with Gasteiger partial charge in [0.15, 0.2) is 0 Å². The van der Waals surface area contributed by atoms with Crippen molar-refractivity contribution in [3.8, 4) is 0 Å². The average molecular weight is 332 g/mol. The van der Waals surface area contributed by atoms with Crippen molar-refractivity contribution in [3.63, 3.8) is 0 Å². The van der Waals surface area contributed by atoms with Gasteiger partial charge in [0.1, 0.15) is 4.90 Å². The van der Waals surface area contributed by atoms with E-state index in [9.17, 15) is 13.5 Å². The minimum absolute atomic E-state index is 0.195. The number of pyridine rings is 1. The van der Waals surface area contributed by atoms with Crippen molar-refractivity contribution in [1.82, 2.24) is 9.29 Å². The molecule has 0 unspecified atom stereocenters. The summed E-state index contributed by atoms with van der Waals surface area (Å²) in [5.74, 6) is 0. The molecule has 1 saturated heterocycles. The Hall–Kier alpha value is -1.76. The van der Waals surface area contributed by atoms with Crippen LogP contribution in [0.3, 0.4) is 0 Å². The highest BCUT2D eigenvalue weighted by Crippen LogP contribution is 2.34. The number of benzene rings is 1. The lowest BCUT2D eigenvalue weighted by Crippen LogP contribution is -2.45. The van der Waals surface area contributed by atoms with E-state index in [1.165, 1.54) is 10.5 Å². The van der Waals surface area contributed by atoms with Crippen molar-refractivity contribution in [3.05, 3.63) is 59.9 Å². The third kappa shape index (κ3) is 3.15. The SMILES string of the molecule is Cc1ccc(C2(O)CCN(S(=O)(=O)c3cccnc3)CC2)cc1. The second-order valence-corrected chi connectivity index (χ2v) is 7.93. The fraction of sp³-hybridized carbons (Fsp3) is 0.353. The van der Waals surface area contributed by atoms with Gasteiger partial charge in [0, 0.05) is 25.5 Å². The van der Waals surface area contributed by atoms with E-state index in [4.69, 9.17) is 0 Å². The molecule has 0 radical (unpaired) electrons. The lowest BCUT2D eigenvalue weighted by molar-refractivity contribution is -0.00962. The minimum Gasteiger partial charge on any atom is -0.385 e. The number of hydrogen-bond acceptors (Lipinski definition) is 4. The summed E-state index contributed by atoms with van der Waals surface area (Å²) in [6.07, 6.45) is 3.67. The summed E-state index contributed by atoms with van der Waals surface area (Å²) in [7, 11) is -3.54. The summed E-state index contributed by atoms with van der Waals surface area (Å²) >= 11 is 0. The quantitative estimate of drug-likeness (QED) is 0.934. The standard InChI is InChI=1S/C17H20N2O3S/c1-14-4-6-15(7-5-14)17(20)8-11-19(12-9-17)23(21,22)16-3-2-10-18-13-16/h2-7,10,13,20H,8-9,11-12H2,1H3. The number of aromatic nitrogens is 1. The normalized spacial score (nSPS) is 18.7. The third-order valence-electron chi connectivity index (χ3n) is 4.41. The van der Waals surface area contributed by atoms with E-state index in [2.05, 4.69) is 4.98 Å². The molecule has 1 aromatic carbocycles. The maximum Gasteiger partial charge on any atom is 0.244 e. The second-order valence-electron chi connectivity index (χ2n) is 5.99. The van der Waals surface area contributed by atoms with Gasteiger partial charge < -0.3 is 5.11 Å². The second kappa shape index (κ2) is 6.03. The van der Waals surface area contributed by atoms with Crippen molar-refractivity contribution >= 4 is 10.0 Å². The Morgan fingerprint density at radius 1 is 1.13 bits per heavy atom. The van der Waals surface area contributed by atoms with Gasteiger partial charge in [-0.2, -0.15) is 4.31 Å². The van der Waals surface area contributed by atoms with Crippen LogP contribution in [0.4, 0.5) is 0 Å². The number of hydrogen-bond donors (Lipinski definition) is 1. The molecule has 2 aromatic rings. The van der Waals surface area contributed by atoms with Crippen molar-refractivity contribution < 1.29 is 13.5 Å². The van der Waals surface area contributed by atoms with Gasteiger partial charge in [-0.15, -0.1) is 0 Å². The minimum atomic E-state index is -3.54. The van der Waals surface area contributed by atoms with E-state index in [0.717, 1.165) is 11.1 Å². The van der Waals surface area contributed by atoms with Gasteiger partial charge in [-0.3, -0.25) is 4.98 Å². The largest absolute Gasteiger partial charge is 0.385 e. The monoisotopic (exact) mass is 332 g/mol. The van der Waals surface area contributed by atoms with Crippen LogP contribution in [0, 0.1) is 6.92 Å². The molecule has 0 amide bonds. The predicted octanol–water partition coefficient (Wildman–Crippen LogP) is 2.06. The molecule has 1 aliphatic heterocycles. The van der Waals surface area contributed by atoms with Crippen LogP contribution in [0.2, 0.25) is 0 Å². The van der Waals surface area contributed by atoms with E-state index in [0.29, 0.717) is 25.9 Å². The molecule has 1 aromatic heterocycles. The smallest absolute Gasteiger partial charge is 0.244 e. The van der Waals surface area contributed by atoms with Crippen molar-refractivity contribution in [2.24, 2.45) is 0 Å². The molecule has 2 heterocycles. The molecule has 6 heteroatoms. The van der Waals surface area contributed by atoms with Gasteiger partial charge in [-0.1, -0.05) is 29.8 Å². The van der Waals surface area contributed by atoms with E-state index in [1.807, 2.05) is 31.2 Å². The molecular formula is C17H20N2O3S. The molecule has 1 N–H and O–H groups in total. The number of aliphatic hydroxyl groups is 1. The molecule has 1 aliphatic rings. The lowest BCUT2D eigenvalue weighted by atomic mass is 9.85. The number of aryl methyl sites for hydroxylation is 1. The van der Waals surface area contributed by atoms with Crippen LogP contribution in [0.25, 0.3) is 0 Å². The topological polar surface area (TPSA) is 70.5 Å². The molecule has 5 nitrogen and oxygen atoms in total. The van der Waals surface area contributed by atoms with Crippen molar-refractivity contribution in [1.29, 1.82) is 0 Å². The third-order valence-corrected chi connectivity index (χ3v) is 6.29. The van der Waals surface area contributed by atoms with Gasteiger partial charge in [0.25, 0.3) is 0 Å².